The lowest BCUT2D eigenvalue weighted by Crippen LogP contribution is -2.58. The highest BCUT2D eigenvalue weighted by molar-refractivity contribution is 6.42. The van der Waals surface area contributed by atoms with E-state index in [9.17, 15) is 14.4 Å². The maximum atomic E-state index is 13.2. The number of amides is 4. The number of rotatable bonds is 7. The van der Waals surface area contributed by atoms with Crippen LogP contribution in [0.15, 0.2) is 29.5 Å². The van der Waals surface area contributed by atoms with Gasteiger partial charge in [-0.15, -0.1) is 0 Å². The molecule has 0 aromatic heterocycles. The smallest absolute Gasteiger partial charge is 0.338 e. The lowest BCUT2D eigenvalue weighted by Gasteiger charge is -2.42. The van der Waals surface area contributed by atoms with Crippen molar-refractivity contribution in [3.8, 4) is 0 Å². The zero-order valence-electron chi connectivity index (χ0n) is 20.6. The summed E-state index contributed by atoms with van der Waals surface area (Å²) in [7, 11) is 0. The van der Waals surface area contributed by atoms with E-state index < -0.39 is 12.0 Å². The molecule has 2 atom stereocenters. The van der Waals surface area contributed by atoms with Crippen molar-refractivity contribution in [3.63, 3.8) is 0 Å². The predicted octanol–water partition coefficient (Wildman–Crippen LogP) is 3.63. The average molecular weight is 526 g/mol. The summed E-state index contributed by atoms with van der Waals surface area (Å²) in [6, 6.07) is 3.88. The molecule has 0 aliphatic carbocycles. The number of piperazine rings is 1. The zero-order chi connectivity index (χ0) is 25.7. The Morgan fingerprint density at radius 1 is 1.17 bits per heavy atom. The molecular weight excluding hydrogens is 493 g/mol. The number of hydrogen-bond donors (Lipinski definition) is 2. The Labute approximate surface area is 216 Å². The Morgan fingerprint density at radius 3 is 2.51 bits per heavy atom. The number of urea groups is 2. The number of halogens is 2. The molecule has 2 aliphatic rings. The van der Waals surface area contributed by atoms with E-state index in [0.717, 1.165) is 0 Å². The van der Waals surface area contributed by atoms with Crippen molar-refractivity contribution in [2.45, 2.75) is 39.8 Å². The molecule has 0 spiro atoms. The van der Waals surface area contributed by atoms with E-state index >= 15 is 0 Å². The molecule has 11 heteroatoms. The molecule has 1 aromatic rings. The van der Waals surface area contributed by atoms with Gasteiger partial charge in [0.1, 0.15) is 0 Å². The summed E-state index contributed by atoms with van der Waals surface area (Å²) in [6.45, 7) is 10.8. The number of nitrogens with zero attached hydrogens (tertiary/aromatic N) is 3. The van der Waals surface area contributed by atoms with Gasteiger partial charge in [-0.1, -0.05) is 29.3 Å². The summed E-state index contributed by atoms with van der Waals surface area (Å²) in [5.41, 5.74) is 1.59. The van der Waals surface area contributed by atoms with Gasteiger partial charge in [0.2, 0.25) is 0 Å². The van der Waals surface area contributed by atoms with E-state index in [0.29, 0.717) is 66.1 Å². The Balaban J connectivity index is 1.98. The van der Waals surface area contributed by atoms with E-state index in [2.05, 4.69) is 15.5 Å². The van der Waals surface area contributed by atoms with Crippen LogP contribution in [0.1, 0.15) is 39.3 Å². The molecule has 0 radical (unpaired) electrons. The Hall–Kier alpha value is -2.49. The summed E-state index contributed by atoms with van der Waals surface area (Å²) >= 11 is 12.3. The van der Waals surface area contributed by atoms with Gasteiger partial charge < -0.3 is 20.3 Å². The molecule has 2 heterocycles. The van der Waals surface area contributed by atoms with Gasteiger partial charge >= 0.3 is 18.0 Å². The molecule has 3 rings (SSSR count). The van der Waals surface area contributed by atoms with Gasteiger partial charge in [-0.3, -0.25) is 9.80 Å². The van der Waals surface area contributed by atoms with E-state index in [1.165, 1.54) is 0 Å². The van der Waals surface area contributed by atoms with E-state index in [4.69, 9.17) is 27.9 Å². The molecule has 2 aliphatic heterocycles. The van der Waals surface area contributed by atoms with E-state index in [1.807, 2.05) is 25.7 Å². The second kappa shape index (κ2) is 12.0. The number of hydrogen-bond acceptors (Lipinski definition) is 5. The van der Waals surface area contributed by atoms with Gasteiger partial charge in [0, 0.05) is 51.0 Å². The minimum absolute atomic E-state index is 0.0275. The minimum Gasteiger partial charge on any atom is -0.463 e. The van der Waals surface area contributed by atoms with E-state index in [1.54, 1.807) is 30.0 Å². The summed E-state index contributed by atoms with van der Waals surface area (Å²) in [4.78, 5) is 44.2. The number of carbonyl (C=O) groups is 3. The molecule has 2 unspecified atom stereocenters. The first-order valence-electron chi connectivity index (χ1n) is 11.9. The van der Waals surface area contributed by atoms with Crippen LogP contribution in [-0.4, -0.2) is 84.6 Å². The van der Waals surface area contributed by atoms with Crippen LogP contribution < -0.4 is 10.6 Å². The first-order valence-corrected chi connectivity index (χ1v) is 12.7. The highest BCUT2D eigenvalue weighted by Crippen LogP contribution is 2.35. The Bertz CT molecular complexity index is 1000. The number of esters is 1. The summed E-state index contributed by atoms with van der Waals surface area (Å²) in [5, 5.41) is 6.49. The fourth-order valence-electron chi connectivity index (χ4n) is 4.54. The number of nitrogens with one attached hydrogen (secondary N) is 2. The maximum Gasteiger partial charge on any atom is 0.338 e. The van der Waals surface area contributed by atoms with Gasteiger partial charge in [0.15, 0.2) is 0 Å². The van der Waals surface area contributed by atoms with Crippen LogP contribution in [0.5, 0.6) is 0 Å². The third-order valence-corrected chi connectivity index (χ3v) is 6.94. The van der Waals surface area contributed by atoms with E-state index in [-0.39, 0.29) is 24.7 Å². The Kier molecular flexibility index (Phi) is 9.27. The zero-order valence-corrected chi connectivity index (χ0v) is 22.1. The van der Waals surface area contributed by atoms with Crippen molar-refractivity contribution in [2.75, 3.05) is 45.9 Å². The quantitative estimate of drug-likeness (QED) is 0.530. The SMILES string of the molecule is CCNC(=O)N1CCN(CC2=C(C(=O)OCC)C(c3ccc(Cl)c(Cl)c3)NC(=O)N2CC)CC1C. The highest BCUT2D eigenvalue weighted by Gasteiger charge is 2.39. The van der Waals surface area contributed by atoms with Crippen LogP contribution in [0, 0.1) is 0 Å². The number of likely N-dealkylation sites (N-methyl/N-ethyl adjacent to an activating group) is 1. The van der Waals surface area contributed by atoms with Crippen molar-refractivity contribution in [3.05, 3.63) is 45.1 Å². The second-order valence-electron chi connectivity index (χ2n) is 8.49. The minimum atomic E-state index is -0.733. The monoisotopic (exact) mass is 525 g/mol. The molecule has 2 N–H and O–H groups in total. The molecule has 192 valence electrons. The summed E-state index contributed by atoms with van der Waals surface area (Å²) in [5.74, 6) is -0.494. The lowest BCUT2D eigenvalue weighted by molar-refractivity contribution is -0.139. The van der Waals surface area contributed by atoms with Crippen molar-refractivity contribution in [1.29, 1.82) is 0 Å². The average Bonchev–Trinajstić information content (AvgIpc) is 2.81. The first kappa shape index (κ1) is 27.1. The van der Waals surface area contributed by atoms with Gasteiger partial charge in [0.05, 0.1) is 28.3 Å². The van der Waals surface area contributed by atoms with Crippen molar-refractivity contribution < 1.29 is 19.1 Å². The maximum absolute atomic E-state index is 13.2. The predicted molar refractivity (Wildman–Crippen MR) is 135 cm³/mol. The van der Waals surface area contributed by atoms with Crippen LogP contribution in [0.2, 0.25) is 10.0 Å². The molecule has 1 fully saturated rings. The lowest BCUT2D eigenvalue weighted by atomic mass is 9.94. The Morgan fingerprint density at radius 2 is 1.91 bits per heavy atom. The molecule has 0 bridgehead atoms. The molecule has 4 amide bonds. The van der Waals surface area contributed by atoms with Gasteiger partial charge in [-0.2, -0.15) is 0 Å². The van der Waals surface area contributed by atoms with Crippen LogP contribution in [-0.2, 0) is 9.53 Å². The normalized spacial score (nSPS) is 21.1. The third kappa shape index (κ3) is 6.02. The van der Waals surface area contributed by atoms with Crippen LogP contribution in [0.3, 0.4) is 0 Å². The van der Waals surface area contributed by atoms with Crippen molar-refractivity contribution in [2.24, 2.45) is 0 Å². The van der Waals surface area contributed by atoms with Gasteiger partial charge in [-0.25, -0.2) is 14.4 Å². The fraction of sp³-hybridized carbons (Fsp3) is 0.542. The molecule has 0 saturated carbocycles. The summed E-state index contributed by atoms with van der Waals surface area (Å²) in [6.07, 6.45) is 0. The standard InChI is InChI=1S/C24H33Cl2N5O4/c1-5-27-23(33)31-11-10-29(13-15(31)4)14-19-20(22(32)35-7-3)21(28-24(34)30(19)6-2)16-8-9-17(25)18(26)12-16/h8-9,12,15,21H,5-7,10-11,13-14H2,1-4H3,(H,27,33)(H,28,34). The van der Waals surface area contributed by atoms with Crippen LogP contribution in [0.4, 0.5) is 9.59 Å². The molecule has 1 aromatic carbocycles. The van der Waals surface area contributed by atoms with Gasteiger partial charge in [-0.05, 0) is 45.4 Å². The topological polar surface area (TPSA) is 94.2 Å². The largest absolute Gasteiger partial charge is 0.463 e. The number of benzene rings is 1. The highest BCUT2D eigenvalue weighted by atomic mass is 35.5. The fourth-order valence-corrected chi connectivity index (χ4v) is 4.85. The first-order chi connectivity index (χ1) is 16.7. The van der Waals surface area contributed by atoms with Crippen LogP contribution >= 0.6 is 23.2 Å². The molecule has 1 saturated heterocycles. The van der Waals surface area contributed by atoms with Crippen molar-refractivity contribution >= 4 is 41.2 Å². The molecular formula is C24H33Cl2N5O4. The molecule has 35 heavy (non-hydrogen) atoms. The van der Waals surface area contributed by atoms with Gasteiger partial charge in [0.25, 0.3) is 0 Å². The number of ether oxygens (including phenoxy) is 1. The van der Waals surface area contributed by atoms with Crippen LogP contribution in [0.25, 0.3) is 0 Å². The third-order valence-electron chi connectivity index (χ3n) is 6.20. The number of carbonyl (C=O) groups excluding carboxylic acids is 3. The van der Waals surface area contributed by atoms with Crippen molar-refractivity contribution in [1.82, 2.24) is 25.3 Å². The second-order valence-corrected chi connectivity index (χ2v) is 9.31. The molecule has 9 nitrogen and oxygen atoms in total. The summed E-state index contributed by atoms with van der Waals surface area (Å²) < 4.78 is 5.42.